The van der Waals surface area contributed by atoms with Gasteiger partial charge in [-0.15, -0.1) is 0 Å². The maximum atomic E-state index is 13.4. The number of aryl methyl sites for hydroxylation is 1. The Morgan fingerprint density at radius 3 is 2.21 bits per heavy atom. The second-order valence-electron chi connectivity index (χ2n) is 7.63. The smallest absolute Gasteiger partial charge is 0.278 e. The lowest BCUT2D eigenvalue weighted by Gasteiger charge is -2.16. The van der Waals surface area contributed by atoms with E-state index in [1.807, 2.05) is 31.2 Å². The van der Waals surface area contributed by atoms with Gasteiger partial charge in [0.2, 0.25) is 0 Å². The summed E-state index contributed by atoms with van der Waals surface area (Å²) in [5.74, 6) is -0.245. The quantitative estimate of drug-likeness (QED) is 0.540. The van der Waals surface area contributed by atoms with E-state index in [2.05, 4.69) is 5.32 Å². The fraction of sp³-hybridized carbons (Fsp3) is 0.154. The molecule has 4 rings (SSSR count). The van der Waals surface area contributed by atoms with Crippen LogP contribution in [0, 0.1) is 12.7 Å². The van der Waals surface area contributed by atoms with Gasteiger partial charge in [0.1, 0.15) is 23.0 Å². The fourth-order valence-corrected chi connectivity index (χ4v) is 3.64. The molecular formula is C26H23FN2O4. The Morgan fingerprint density at radius 1 is 0.879 bits per heavy atom. The van der Waals surface area contributed by atoms with Gasteiger partial charge in [0.15, 0.2) is 0 Å². The summed E-state index contributed by atoms with van der Waals surface area (Å²) in [6, 6.07) is 18.2. The zero-order valence-corrected chi connectivity index (χ0v) is 18.5. The Bertz CT molecular complexity index is 1230. The van der Waals surface area contributed by atoms with E-state index in [-0.39, 0.29) is 23.6 Å². The van der Waals surface area contributed by atoms with E-state index < -0.39 is 11.8 Å². The number of rotatable bonds is 7. The van der Waals surface area contributed by atoms with E-state index in [4.69, 9.17) is 9.47 Å². The first-order chi connectivity index (χ1) is 15.9. The first kappa shape index (κ1) is 22.1. The highest BCUT2D eigenvalue weighted by Crippen LogP contribution is 2.35. The highest BCUT2D eigenvalue weighted by molar-refractivity contribution is 6.36. The Labute approximate surface area is 191 Å². The van der Waals surface area contributed by atoms with Gasteiger partial charge in [-0.05, 0) is 42.3 Å². The van der Waals surface area contributed by atoms with Gasteiger partial charge in [0.05, 0.1) is 32.0 Å². The SMILES string of the molecule is COc1ccc(OC)c(NC2=C(c3ccc(C)cc3)C(=O)N(Cc3ccc(F)cc3)C2=O)c1. The Hall–Kier alpha value is -4.13. The molecule has 33 heavy (non-hydrogen) atoms. The van der Waals surface area contributed by atoms with Crippen LogP contribution < -0.4 is 14.8 Å². The third-order valence-electron chi connectivity index (χ3n) is 5.43. The lowest BCUT2D eigenvalue weighted by atomic mass is 10.0. The maximum Gasteiger partial charge on any atom is 0.278 e. The molecule has 1 aliphatic rings. The summed E-state index contributed by atoms with van der Waals surface area (Å²) >= 11 is 0. The minimum atomic E-state index is -0.482. The van der Waals surface area contributed by atoms with Crippen molar-refractivity contribution in [1.29, 1.82) is 0 Å². The highest BCUT2D eigenvalue weighted by atomic mass is 19.1. The Kier molecular flexibility index (Phi) is 6.13. The molecule has 6 nitrogen and oxygen atoms in total. The van der Waals surface area contributed by atoms with Crippen LogP contribution in [0.25, 0.3) is 5.57 Å². The standard InChI is InChI=1S/C26H23FN2O4/c1-16-4-8-18(9-5-16)23-24(28-21-14-20(32-2)12-13-22(21)33-3)26(31)29(25(23)30)15-17-6-10-19(27)11-7-17/h4-14,28H,15H2,1-3H3. The summed E-state index contributed by atoms with van der Waals surface area (Å²) in [6.07, 6.45) is 0. The number of hydrogen-bond donors (Lipinski definition) is 1. The number of ether oxygens (including phenoxy) is 2. The molecule has 1 N–H and O–H groups in total. The van der Waals surface area contributed by atoms with Gasteiger partial charge in [0, 0.05) is 6.07 Å². The number of benzene rings is 3. The van der Waals surface area contributed by atoms with Crippen LogP contribution in [0.5, 0.6) is 11.5 Å². The molecule has 0 atom stereocenters. The molecule has 0 saturated heterocycles. The molecule has 168 valence electrons. The van der Waals surface area contributed by atoms with Crippen LogP contribution in [0.15, 0.2) is 72.4 Å². The Morgan fingerprint density at radius 2 is 1.58 bits per heavy atom. The lowest BCUT2D eigenvalue weighted by Crippen LogP contribution is -2.32. The highest BCUT2D eigenvalue weighted by Gasteiger charge is 2.39. The number of nitrogens with zero attached hydrogens (tertiary/aromatic N) is 1. The molecule has 0 saturated carbocycles. The zero-order valence-electron chi connectivity index (χ0n) is 18.5. The maximum absolute atomic E-state index is 13.4. The summed E-state index contributed by atoms with van der Waals surface area (Å²) < 4.78 is 24.0. The third kappa shape index (κ3) is 4.43. The number of amides is 2. The van der Waals surface area contributed by atoms with Crippen LogP contribution in [-0.4, -0.2) is 30.9 Å². The monoisotopic (exact) mass is 446 g/mol. The van der Waals surface area contributed by atoms with Crippen molar-refractivity contribution in [1.82, 2.24) is 4.90 Å². The number of methoxy groups -OCH3 is 2. The minimum Gasteiger partial charge on any atom is -0.497 e. The zero-order chi connectivity index (χ0) is 23.5. The van der Waals surface area contributed by atoms with Crippen LogP contribution in [0.3, 0.4) is 0 Å². The van der Waals surface area contributed by atoms with Gasteiger partial charge in [-0.25, -0.2) is 4.39 Å². The third-order valence-corrected chi connectivity index (χ3v) is 5.43. The van der Waals surface area contributed by atoms with Gasteiger partial charge in [-0.2, -0.15) is 0 Å². The topological polar surface area (TPSA) is 67.9 Å². The molecular weight excluding hydrogens is 423 g/mol. The van der Waals surface area contributed by atoms with Crippen molar-refractivity contribution in [2.24, 2.45) is 0 Å². The molecule has 3 aromatic carbocycles. The first-order valence-corrected chi connectivity index (χ1v) is 10.3. The average molecular weight is 446 g/mol. The molecule has 1 heterocycles. The van der Waals surface area contributed by atoms with Crippen molar-refractivity contribution in [3.63, 3.8) is 0 Å². The van der Waals surface area contributed by atoms with Crippen molar-refractivity contribution >= 4 is 23.1 Å². The molecule has 0 spiro atoms. The molecule has 2 amide bonds. The second kappa shape index (κ2) is 9.16. The van der Waals surface area contributed by atoms with E-state index in [9.17, 15) is 14.0 Å². The average Bonchev–Trinajstić information content (AvgIpc) is 3.05. The number of nitrogens with one attached hydrogen (secondary N) is 1. The molecule has 0 aliphatic carbocycles. The van der Waals surface area contributed by atoms with E-state index in [1.54, 1.807) is 30.3 Å². The minimum absolute atomic E-state index is 0.0216. The van der Waals surface area contributed by atoms with Crippen LogP contribution >= 0.6 is 0 Å². The summed E-state index contributed by atoms with van der Waals surface area (Å²) in [5, 5.41) is 3.11. The molecule has 3 aromatic rings. The molecule has 0 radical (unpaired) electrons. The van der Waals surface area contributed by atoms with Crippen molar-refractivity contribution in [2.45, 2.75) is 13.5 Å². The Balaban J connectivity index is 1.77. The van der Waals surface area contributed by atoms with E-state index >= 15 is 0 Å². The molecule has 0 aromatic heterocycles. The van der Waals surface area contributed by atoms with Gasteiger partial charge < -0.3 is 14.8 Å². The summed E-state index contributed by atoms with van der Waals surface area (Å²) in [4.78, 5) is 28.0. The van der Waals surface area contributed by atoms with Crippen molar-refractivity contribution in [2.75, 3.05) is 19.5 Å². The fourth-order valence-electron chi connectivity index (χ4n) is 3.64. The normalized spacial score (nSPS) is 13.5. The number of imide groups is 1. The predicted octanol–water partition coefficient (Wildman–Crippen LogP) is 4.54. The first-order valence-electron chi connectivity index (χ1n) is 10.3. The van der Waals surface area contributed by atoms with Gasteiger partial charge in [0.25, 0.3) is 11.8 Å². The molecule has 0 fully saturated rings. The number of halogens is 1. The van der Waals surface area contributed by atoms with E-state index in [0.29, 0.717) is 28.3 Å². The van der Waals surface area contributed by atoms with Gasteiger partial charge in [-0.1, -0.05) is 42.0 Å². The molecule has 0 bridgehead atoms. The van der Waals surface area contributed by atoms with E-state index in [0.717, 1.165) is 10.5 Å². The van der Waals surface area contributed by atoms with Crippen LogP contribution in [-0.2, 0) is 16.1 Å². The number of anilines is 1. The number of carbonyl (C=O) groups is 2. The van der Waals surface area contributed by atoms with Gasteiger partial charge in [-0.3, -0.25) is 14.5 Å². The second-order valence-corrected chi connectivity index (χ2v) is 7.63. The van der Waals surface area contributed by atoms with Crippen molar-refractivity contribution < 1.29 is 23.5 Å². The summed E-state index contributed by atoms with van der Waals surface area (Å²) in [6.45, 7) is 1.97. The molecule has 0 unspecified atom stereocenters. The van der Waals surface area contributed by atoms with Gasteiger partial charge >= 0.3 is 0 Å². The summed E-state index contributed by atoms with van der Waals surface area (Å²) in [5.41, 5.74) is 3.17. The largest absolute Gasteiger partial charge is 0.497 e. The summed E-state index contributed by atoms with van der Waals surface area (Å²) in [7, 11) is 3.06. The molecule has 7 heteroatoms. The van der Waals surface area contributed by atoms with Crippen LogP contribution in [0.1, 0.15) is 16.7 Å². The van der Waals surface area contributed by atoms with E-state index in [1.165, 1.54) is 26.4 Å². The molecule has 1 aliphatic heterocycles. The van der Waals surface area contributed by atoms with Crippen molar-refractivity contribution in [3.05, 3.63) is 94.9 Å². The van der Waals surface area contributed by atoms with Crippen molar-refractivity contribution in [3.8, 4) is 11.5 Å². The van der Waals surface area contributed by atoms with Crippen LogP contribution in [0.4, 0.5) is 10.1 Å². The predicted molar refractivity (Wildman–Crippen MR) is 123 cm³/mol. The van der Waals surface area contributed by atoms with Crippen LogP contribution in [0.2, 0.25) is 0 Å². The lowest BCUT2D eigenvalue weighted by molar-refractivity contribution is -0.137. The number of hydrogen-bond acceptors (Lipinski definition) is 5. The number of carbonyl (C=O) groups excluding carboxylic acids is 2.